The molecular weight excluding hydrogens is 412 g/mol. The van der Waals surface area contributed by atoms with Gasteiger partial charge in [-0.2, -0.15) is 0 Å². The summed E-state index contributed by atoms with van der Waals surface area (Å²) in [6.07, 6.45) is 6.13. The molecule has 1 unspecified atom stereocenters. The summed E-state index contributed by atoms with van der Waals surface area (Å²) >= 11 is 0. The second-order valence-corrected chi connectivity index (χ2v) is 8.84. The molecule has 0 saturated heterocycles. The van der Waals surface area contributed by atoms with E-state index in [2.05, 4.69) is 10.3 Å². The molecule has 1 atom stereocenters. The molecule has 7 heteroatoms. The van der Waals surface area contributed by atoms with E-state index in [-0.39, 0.29) is 17.3 Å². The number of aromatic nitrogens is 1. The topological polar surface area (TPSA) is 85.4 Å². The molecule has 1 amide bonds. The molecule has 0 aliphatic carbocycles. The van der Waals surface area contributed by atoms with Gasteiger partial charge in [-0.05, 0) is 54.5 Å². The SMILES string of the molecule is CCOc1ccc(/C=C/C(=O)NCC(c2cccnc2)S(=O)(=O)c2ccccc2)cc1. The first-order valence-corrected chi connectivity index (χ1v) is 11.4. The summed E-state index contributed by atoms with van der Waals surface area (Å²) in [5.41, 5.74) is 1.35. The molecule has 3 rings (SSSR count). The number of amides is 1. The van der Waals surface area contributed by atoms with Crippen LogP contribution in [0.15, 0.2) is 90.1 Å². The van der Waals surface area contributed by atoms with Crippen LogP contribution in [0.5, 0.6) is 5.75 Å². The first-order chi connectivity index (χ1) is 15.0. The van der Waals surface area contributed by atoms with Gasteiger partial charge in [0.2, 0.25) is 5.91 Å². The zero-order valence-electron chi connectivity index (χ0n) is 17.1. The highest BCUT2D eigenvalue weighted by Crippen LogP contribution is 2.28. The minimum absolute atomic E-state index is 0.0740. The maximum atomic E-state index is 13.2. The second-order valence-electron chi connectivity index (χ2n) is 6.71. The predicted octanol–water partition coefficient (Wildman–Crippen LogP) is 3.82. The van der Waals surface area contributed by atoms with Crippen molar-refractivity contribution in [1.29, 1.82) is 0 Å². The molecule has 0 bridgehead atoms. The fourth-order valence-corrected chi connectivity index (χ4v) is 4.68. The van der Waals surface area contributed by atoms with E-state index in [1.165, 1.54) is 12.3 Å². The van der Waals surface area contributed by atoms with Gasteiger partial charge < -0.3 is 10.1 Å². The van der Waals surface area contributed by atoms with Crippen LogP contribution in [0, 0.1) is 0 Å². The van der Waals surface area contributed by atoms with Crippen molar-refractivity contribution in [3.05, 3.63) is 96.3 Å². The number of hydrogen-bond donors (Lipinski definition) is 1. The lowest BCUT2D eigenvalue weighted by molar-refractivity contribution is -0.116. The van der Waals surface area contributed by atoms with E-state index in [9.17, 15) is 13.2 Å². The minimum Gasteiger partial charge on any atom is -0.494 e. The van der Waals surface area contributed by atoms with Crippen LogP contribution >= 0.6 is 0 Å². The summed E-state index contributed by atoms with van der Waals surface area (Å²) < 4.78 is 31.8. The van der Waals surface area contributed by atoms with Gasteiger partial charge in [-0.3, -0.25) is 9.78 Å². The Morgan fingerprint density at radius 1 is 1.06 bits per heavy atom. The Hall–Kier alpha value is -3.45. The van der Waals surface area contributed by atoms with Gasteiger partial charge in [0.05, 0.1) is 11.5 Å². The Bertz CT molecular complexity index is 1110. The molecule has 0 aliphatic heterocycles. The fraction of sp³-hybridized carbons (Fsp3) is 0.167. The third-order valence-electron chi connectivity index (χ3n) is 4.58. The van der Waals surface area contributed by atoms with Gasteiger partial charge in [-0.1, -0.05) is 36.4 Å². The molecular formula is C24H24N2O4S. The molecule has 3 aromatic rings. The average molecular weight is 437 g/mol. The normalized spacial score (nSPS) is 12.4. The summed E-state index contributed by atoms with van der Waals surface area (Å²) in [7, 11) is -3.72. The number of nitrogens with zero attached hydrogens (tertiary/aromatic N) is 1. The number of pyridine rings is 1. The van der Waals surface area contributed by atoms with Gasteiger partial charge in [0.25, 0.3) is 0 Å². The van der Waals surface area contributed by atoms with Gasteiger partial charge in [-0.25, -0.2) is 8.42 Å². The predicted molar refractivity (Wildman–Crippen MR) is 120 cm³/mol. The quantitative estimate of drug-likeness (QED) is 0.516. The minimum atomic E-state index is -3.72. The molecule has 0 radical (unpaired) electrons. The van der Waals surface area contributed by atoms with Gasteiger partial charge in [0.15, 0.2) is 9.84 Å². The van der Waals surface area contributed by atoms with Crippen molar-refractivity contribution in [3.63, 3.8) is 0 Å². The number of carbonyl (C=O) groups is 1. The molecule has 160 valence electrons. The van der Waals surface area contributed by atoms with E-state index >= 15 is 0 Å². The van der Waals surface area contributed by atoms with Crippen molar-refractivity contribution in [1.82, 2.24) is 10.3 Å². The third-order valence-corrected chi connectivity index (χ3v) is 6.70. The number of sulfone groups is 1. The molecule has 0 spiro atoms. The Morgan fingerprint density at radius 2 is 1.81 bits per heavy atom. The van der Waals surface area contributed by atoms with Gasteiger partial charge >= 0.3 is 0 Å². The molecule has 31 heavy (non-hydrogen) atoms. The van der Waals surface area contributed by atoms with Crippen LogP contribution in [0.3, 0.4) is 0 Å². The van der Waals surface area contributed by atoms with Gasteiger partial charge in [0, 0.05) is 25.0 Å². The Labute approximate surface area is 182 Å². The number of benzene rings is 2. The van der Waals surface area contributed by atoms with Gasteiger partial charge in [0.1, 0.15) is 11.0 Å². The van der Waals surface area contributed by atoms with Crippen LogP contribution in [0.25, 0.3) is 6.08 Å². The monoisotopic (exact) mass is 436 g/mol. The second kappa shape index (κ2) is 10.5. The maximum Gasteiger partial charge on any atom is 0.244 e. The van der Waals surface area contributed by atoms with E-state index in [1.54, 1.807) is 54.7 Å². The maximum absolute atomic E-state index is 13.2. The first-order valence-electron chi connectivity index (χ1n) is 9.88. The lowest BCUT2D eigenvalue weighted by atomic mass is 10.2. The molecule has 6 nitrogen and oxygen atoms in total. The Balaban J connectivity index is 1.72. The van der Waals surface area contributed by atoms with Crippen molar-refractivity contribution in [2.24, 2.45) is 0 Å². The summed E-state index contributed by atoms with van der Waals surface area (Å²) in [6, 6.07) is 18.9. The highest BCUT2D eigenvalue weighted by molar-refractivity contribution is 7.91. The zero-order valence-corrected chi connectivity index (χ0v) is 18.0. The zero-order chi connectivity index (χ0) is 22.1. The molecule has 1 N–H and O–H groups in total. The summed E-state index contributed by atoms with van der Waals surface area (Å²) in [6.45, 7) is 2.42. The smallest absolute Gasteiger partial charge is 0.244 e. The molecule has 1 aromatic heterocycles. The van der Waals surface area contributed by atoms with Crippen LogP contribution in [0.4, 0.5) is 0 Å². The fourth-order valence-electron chi connectivity index (χ4n) is 3.01. The number of carbonyl (C=O) groups excluding carboxylic acids is 1. The molecule has 0 fully saturated rings. The number of hydrogen-bond acceptors (Lipinski definition) is 5. The van der Waals surface area contributed by atoms with Gasteiger partial charge in [-0.15, -0.1) is 0 Å². The van der Waals surface area contributed by atoms with Crippen molar-refractivity contribution >= 4 is 21.8 Å². The number of nitrogens with one attached hydrogen (secondary N) is 1. The van der Waals surface area contributed by atoms with Crippen LogP contribution in [0.2, 0.25) is 0 Å². The molecule has 0 saturated carbocycles. The molecule has 0 aliphatic rings. The third kappa shape index (κ3) is 6.02. The molecule has 1 heterocycles. The van der Waals surface area contributed by atoms with E-state index in [4.69, 9.17) is 4.74 Å². The standard InChI is InChI=1S/C24H24N2O4S/c1-2-30-21-13-10-19(11-14-21)12-15-24(27)26-18-23(20-7-6-16-25-17-20)31(28,29)22-8-4-3-5-9-22/h3-17,23H,2,18H2,1H3,(H,26,27)/b15-12+. The van der Waals surface area contributed by atoms with Crippen molar-refractivity contribution in [2.45, 2.75) is 17.1 Å². The average Bonchev–Trinajstić information content (AvgIpc) is 2.80. The molecule has 2 aromatic carbocycles. The summed E-state index contributed by atoms with van der Waals surface area (Å²) in [4.78, 5) is 16.6. The van der Waals surface area contributed by atoms with E-state index < -0.39 is 15.1 Å². The van der Waals surface area contributed by atoms with E-state index in [0.717, 1.165) is 11.3 Å². The Morgan fingerprint density at radius 3 is 2.45 bits per heavy atom. The van der Waals surface area contributed by atoms with Crippen molar-refractivity contribution < 1.29 is 17.9 Å². The largest absolute Gasteiger partial charge is 0.494 e. The highest BCUT2D eigenvalue weighted by Gasteiger charge is 2.29. The van der Waals surface area contributed by atoms with E-state index in [1.807, 2.05) is 31.2 Å². The highest BCUT2D eigenvalue weighted by atomic mass is 32.2. The lowest BCUT2D eigenvalue weighted by Crippen LogP contribution is -2.31. The van der Waals surface area contributed by atoms with Crippen LogP contribution in [-0.4, -0.2) is 32.5 Å². The number of ether oxygens (including phenoxy) is 1. The lowest BCUT2D eigenvalue weighted by Gasteiger charge is -2.18. The summed E-state index contributed by atoms with van der Waals surface area (Å²) in [5.74, 6) is 0.376. The van der Waals surface area contributed by atoms with Crippen LogP contribution in [-0.2, 0) is 14.6 Å². The first kappa shape index (κ1) is 22.2. The van der Waals surface area contributed by atoms with Crippen molar-refractivity contribution in [3.8, 4) is 5.75 Å². The van der Waals surface area contributed by atoms with E-state index in [0.29, 0.717) is 12.2 Å². The van der Waals surface area contributed by atoms with Crippen molar-refractivity contribution in [2.75, 3.05) is 13.2 Å². The number of rotatable bonds is 9. The van der Waals surface area contributed by atoms with Crippen LogP contribution < -0.4 is 10.1 Å². The Kier molecular flexibility index (Phi) is 7.56. The summed E-state index contributed by atoms with van der Waals surface area (Å²) in [5, 5.41) is 1.75. The van der Waals surface area contributed by atoms with Crippen LogP contribution in [0.1, 0.15) is 23.3 Å².